The zero-order valence-corrected chi connectivity index (χ0v) is 18.8. The van der Waals surface area contributed by atoms with E-state index in [1.165, 1.54) is 51.4 Å². The molecule has 0 aliphatic heterocycles. The van der Waals surface area contributed by atoms with Crippen molar-refractivity contribution in [3.05, 3.63) is 24.0 Å². The maximum Gasteiger partial charge on any atom is 0.573 e. The Bertz CT molecular complexity index is 733. The number of rotatable bonds is 8. The number of benzene rings is 1. The van der Waals surface area contributed by atoms with Crippen molar-refractivity contribution < 1.29 is 31.8 Å². The van der Waals surface area contributed by atoms with Crippen LogP contribution < -0.4 is 9.47 Å². The Kier molecular flexibility index (Phi) is 8.83. The zero-order chi connectivity index (χ0) is 23.1. The number of unbranched alkanes of at least 4 members (excludes halogenated alkanes) is 2. The minimum atomic E-state index is -4.98. The van der Waals surface area contributed by atoms with Crippen LogP contribution in [0.2, 0.25) is 0 Å². The van der Waals surface area contributed by atoms with E-state index < -0.39 is 23.9 Å². The van der Waals surface area contributed by atoms with Crippen molar-refractivity contribution in [2.45, 2.75) is 90.3 Å². The number of hydrogen-bond donors (Lipinski definition) is 0. The highest BCUT2D eigenvalue weighted by molar-refractivity contribution is 5.75. The number of alkyl halides is 3. The van der Waals surface area contributed by atoms with Gasteiger partial charge in [-0.3, -0.25) is 4.79 Å². The summed E-state index contributed by atoms with van der Waals surface area (Å²) in [6.07, 6.45) is 9.07. The molecule has 2 aliphatic rings. The Morgan fingerprint density at radius 2 is 1.59 bits per heavy atom. The average molecular weight is 459 g/mol. The zero-order valence-electron chi connectivity index (χ0n) is 18.8. The highest BCUT2D eigenvalue weighted by Gasteiger charge is 2.34. The van der Waals surface area contributed by atoms with Crippen molar-refractivity contribution in [3.8, 4) is 11.5 Å². The molecule has 0 amide bonds. The van der Waals surface area contributed by atoms with Crippen molar-refractivity contribution in [1.29, 1.82) is 0 Å². The van der Waals surface area contributed by atoms with Crippen LogP contribution in [-0.4, -0.2) is 12.3 Å². The predicted molar refractivity (Wildman–Crippen MR) is 114 cm³/mol. The average Bonchev–Trinajstić information content (AvgIpc) is 2.76. The van der Waals surface area contributed by atoms with Crippen LogP contribution in [0.1, 0.15) is 84.0 Å². The van der Waals surface area contributed by atoms with Gasteiger partial charge in [-0.1, -0.05) is 45.4 Å². The summed E-state index contributed by atoms with van der Waals surface area (Å²) < 4.78 is 59.4. The van der Waals surface area contributed by atoms with Crippen LogP contribution in [0.5, 0.6) is 11.5 Å². The summed E-state index contributed by atoms with van der Waals surface area (Å²) in [5.41, 5.74) is 0. The molecule has 2 fully saturated rings. The van der Waals surface area contributed by atoms with E-state index in [2.05, 4.69) is 11.7 Å². The fourth-order valence-corrected chi connectivity index (χ4v) is 5.41. The van der Waals surface area contributed by atoms with Crippen LogP contribution in [0.25, 0.3) is 0 Å². The second-order valence-corrected chi connectivity index (χ2v) is 9.45. The molecule has 2 aliphatic carbocycles. The molecule has 0 N–H and O–H groups in total. The van der Waals surface area contributed by atoms with Crippen LogP contribution in [0.15, 0.2) is 18.2 Å². The molecule has 7 heteroatoms. The fraction of sp³-hybridized carbons (Fsp3) is 0.720. The molecule has 0 heterocycles. The molecule has 32 heavy (non-hydrogen) atoms. The molecule has 180 valence electrons. The standard InChI is InChI=1S/C25H34F4O3/c1-2-3-4-5-17-6-8-18(9-7-17)19-10-12-20(13-11-19)24(30)31-21-14-15-23(22(26)16-21)32-25(27,28)29/h14-20H,2-13H2,1H3. The second kappa shape index (κ2) is 11.4. The predicted octanol–water partition coefficient (Wildman–Crippen LogP) is 7.82. The van der Waals surface area contributed by atoms with Gasteiger partial charge >= 0.3 is 12.3 Å². The summed E-state index contributed by atoms with van der Waals surface area (Å²) in [7, 11) is 0. The monoisotopic (exact) mass is 458 g/mol. The topological polar surface area (TPSA) is 35.5 Å². The van der Waals surface area contributed by atoms with E-state index >= 15 is 0 Å². The molecular formula is C25H34F4O3. The maximum atomic E-state index is 13.8. The Hall–Kier alpha value is -1.79. The number of carbonyl (C=O) groups excluding carboxylic acids is 1. The maximum absolute atomic E-state index is 13.8. The van der Waals surface area contributed by atoms with Gasteiger partial charge in [-0.05, 0) is 68.4 Å². The largest absolute Gasteiger partial charge is 0.573 e. The van der Waals surface area contributed by atoms with E-state index in [4.69, 9.17) is 4.74 Å². The lowest BCUT2D eigenvalue weighted by Crippen LogP contribution is -2.30. The van der Waals surface area contributed by atoms with E-state index in [-0.39, 0.29) is 11.7 Å². The normalized spacial score (nSPS) is 26.5. The number of ether oxygens (including phenoxy) is 2. The summed E-state index contributed by atoms with van der Waals surface area (Å²) >= 11 is 0. The first-order chi connectivity index (χ1) is 15.2. The van der Waals surface area contributed by atoms with Crippen molar-refractivity contribution in [1.82, 2.24) is 0 Å². The Balaban J connectivity index is 1.42. The number of carbonyl (C=O) groups is 1. The van der Waals surface area contributed by atoms with E-state index in [9.17, 15) is 22.4 Å². The minimum absolute atomic E-state index is 0.106. The molecule has 0 atom stereocenters. The van der Waals surface area contributed by atoms with E-state index in [0.717, 1.165) is 55.7 Å². The lowest BCUT2D eigenvalue weighted by molar-refractivity contribution is -0.275. The molecule has 1 aromatic carbocycles. The molecule has 0 spiro atoms. The number of halogens is 4. The summed E-state index contributed by atoms with van der Waals surface area (Å²) in [5, 5.41) is 0. The quantitative estimate of drug-likeness (QED) is 0.172. The van der Waals surface area contributed by atoms with Crippen LogP contribution in [0.4, 0.5) is 17.6 Å². The van der Waals surface area contributed by atoms with Gasteiger partial charge in [-0.15, -0.1) is 13.2 Å². The summed E-state index contributed by atoms with van der Waals surface area (Å²) in [4.78, 5) is 12.5. The van der Waals surface area contributed by atoms with Gasteiger partial charge < -0.3 is 9.47 Å². The van der Waals surface area contributed by atoms with Crippen LogP contribution in [0, 0.1) is 29.5 Å². The minimum Gasteiger partial charge on any atom is -0.426 e. The summed E-state index contributed by atoms with van der Waals surface area (Å²) in [5.74, 6) is -0.656. The number of hydrogen-bond acceptors (Lipinski definition) is 3. The second-order valence-electron chi connectivity index (χ2n) is 9.45. The van der Waals surface area contributed by atoms with Gasteiger partial charge in [0, 0.05) is 6.07 Å². The first-order valence-corrected chi connectivity index (χ1v) is 12.0. The lowest BCUT2D eigenvalue weighted by Gasteiger charge is -2.37. The first-order valence-electron chi connectivity index (χ1n) is 12.0. The van der Waals surface area contributed by atoms with E-state index in [0.29, 0.717) is 5.92 Å². The molecule has 3 nitrogen and oxygen atoms in total. The summed E-state index contributed by atoms with van der Waals surface area (Å²) in [6, 6.07) is 2.69. The van der Waals surface area contributed by atoms with Gasteiger partial charge in [0.2, 0.25) is 0 Å². The third-order valence-corrected chi connectivity index (χ3v) is 7.23. The van der Waals surface area contributed by atoms with Gasteiger partial charge in [0.25, 0.3) is 0 Å². The highest BCUT2D eigenvalue weighted by atomic mass is 19.4. The Morgan fingerprint density at radius 1 is 0.969 bits per heavy atom. The van der Waals surface area contributed by atoms with Crippen molar-refractivity contribution in [2.75, 3.05) is 0 Å². The first kappa shape index (κ1) is 24.8. The molecule has 1 aromatic rings. The summed E-state index contributed by atoms with van der Waals surface area (Å²) in [6.45, 7) is 2.24. The molecule has 0 aromatic heterocycles. The van der Waals surface area contributed by atoms with Gasteiger partial charge in [0.1, 0.15) is 5.75 Å². The van der Waals surface area contributed by atoms with Crippen LogP contribution in [-0.2, 0) is 4.79 Å². The van der Waals surface area contributed by atoms with Crippen LogP contribution in [0.3, 0.4) is 0 Å². The van der Waals surface area contributed by atoms with E-state index in [1.54, 1.807) is 0 Å². The van der Waals surface area contributed by atoms with Gasteiger partial charge in [0.15, 0.2) is 11.6 Å². The highest BCUT2D eigenvalue weighted by Crippen LogP contribution is 2.42. The SMILES string of the molecule is CCCCCC1CCC(C2CCC(C(=O)Oc3ccc(OC(F)(F)F)c(F)c3)CC2)CC1. The molecule has 2 saturated carbocycles. The smallest absolute Gasteiger partial charge is 0.426 e. The van der Waals surface area contributed by atoms with Crippen molar-refractivity contribution in [3.63, 3.8) is 0 Å². The van der Waals surface area contributed by atoms with Gasteiger partial charge in [-0.25, -0.2) is 4.39 Å². The Labute approximate surface area is 187 Å². The number of esters is 1. The third kappa shape index (κ3) is 7.38. The van der Waals surface area contributed by atoms with Crippen molar-refractivity contribution >= 4 is 5.97 Å². The fourth-order valence-electron chi connectivity index (χ4n) is 5.41. The van der Waals surface area contributed by atoms with Crippen LogP contribution >= 0.6 is 0 Å². The van der Waals surface area contributed by atoms with Gasteiger partial charge in [0.05, 0.1) is 5.92 Å². The van der Waals surface area contributed by atoms with E-state index in [1.807, 2.05) is 0 Å². The Morgan fingerprint density at radius 3 is 2.16 bits per heavy atom. The molecule has 0 radical (unpaired) electrons. The third-order valence-electron chi connectivity index (χ3n) is 7.23. The molecule has 0 unspecified atom stereocenters. The van der Waals surface area contributed by atoms with Gasteiger partial charge in [-0.2, -0.15) is 0 Å². The molecular weight excluding hydrogens is 424 g/mol. The molecule has 3 rings (SSSR count). The molecule has 0 bridgehead atoms. The van der Waals surface area contributed by atoms with Crippen molar-refractivity contribution in [2.24, 2.45) is 23.7 Å². The lowest BCUT2D eigenvalue weighted by atomic mass is 9.68. The molecule has 0 saturated heterocycles.